The molecule has 1 heterocycles. The molecule has 0 aliphatic heterocycles. The number of carbonyl (C=O) groups is 1. The van der Waals surface area contributed by atoms with Gasteiger partial charge in [-0.15, -0.1) is 0 Å². The molecule has 0 fully saturated rings. The third kappa shape index (κ3) is 5.77. The second kappa shape index (κ2) is 9.17. The molecule has 0 saturated carbocycles. The first-order chi connectivity index (χ1) is 15.0. The fourth-order valence-electron chi connectivity index (χ4n) is 3.19. The number of benzene rings is 2. The van der Waals surface area contributed by atoms with Crippen LogP contribution in [-0.2, 0) is 33.0 Å². The summed E-state index contributed by atoms with van der Waals surface area (Å²) in [5.41, 5.74) is 2.70. The van der Waals surface area contributed by atoms with Crippen molar-refractivity contribution in [2.75, 3.05) is 17.5 Å². The number of anilines is 1. The normalized spacial score (nSPS) is 12.0. The van der Waals surface area contributed by atoms with Gasteiger partial charge in [-0.05, 0) is 37.3 Å². The lowest BCUT2D eigenvalue weighted by molar-refractivity contribution is 0.245. The van der Waals surface area contributed by atoms with E-state index in [1.54, 1.807) is 30.3 Å². The molecule has 0 aliphatic carbocycles. The summed E-state index contributed by atoms with van der Waals surface area (Å²) >= 11 is 0. The van der Waals surface area contributed by atoms with Gasteiger partial charge in [-0.2, -0.15) is 0 Å². The fraction of sp³-hybridized carbons (Fsp3) is 0.300. The molecule has 32 heavy (non-hydrogen) atoms. The molecule has 12 heteroatoms. The third-order valence-corrected chi connectivity index (χ3v) is 6.58. The van der Waals surface area contributed by atoms with Crippen molar-refractivity contribution >= 4 is 42.8 Å². The summed E-state index contributed by atoms with van der Waals surface area (Å²) in [6, 6.07) is 10.4. The van der Waals surface area contributed by atoms with Crippen LogP contribution in [0.5, 0.6) is 0 Å². The highest BCUT2D eigenvalue weighted by atomic mass is 32.2. The van der Waals surface area contributed by atoms with E-state index >= 15 is 0 Å². The maximum Gasteiger partial charge on any atom is 0.328 e. The molecular formula is C20H25N5O5S2. The lowest BCUT2D eigenvalue weighted by Gasteiger charge is -2.11. The molecule has 1 aromatic heterocycles. The van der Waals surface area contributed by atoms with E-state index in [9.17, 15) is 21.6 Å². The Morgan fingerprint density at radius 2 is 1.75 bits per heavy atom. The van der Waals surface area contributed by atoms with Crippen molar-refractivity contribution in [2.24, 2.45) is 0 Å². The third-order valence-electron chi connectivity index (χ3n) is 4.63. The highest BCUT2D eigenvalue weighted by Crippen LogP contribution is 2.21. The lowest BCUT2D eigenvalue weighted by atomic mass is 10.2. The molecule has 0 bridgehead atoms. The summed E-state index contributed by atoms with van der Waals surface area (Å²) in [4.78, 5) is 16.7. The number of rotatable bonds is 8. The molecule has 2 amide bonds. The summed E-state index contributed by atoms with van der Waals surface area (Å²) in [7, 11) is -7.37. The zero-order valence-electron chi connectivity index (χ0n) is 17.9. The second-order valence-electron chi connectivity index (χ2n) is 7.29. The van der Waals surface area contributed by atoms with Crippen LogP contribution in [0.15, 0.2) is 47.4 Å². The van der Waals surface area contributed by atoms with E-state index < -0.39 is 26.1 Å². The van der Waals surface area contributed by atoms with Crippen LogP contribution in [0, 0.1) is 6.92 Å². The number of urea groups is 1. The van der Waals surface area contributed by atoms with Gasteiger partial charge in [-0.25, -0.2) is 31.3 Å². The topological polar surface area (TPSA) is 139 Å². The van der Waals surface area contributed by atoms with E-state index in [0.29, 0.717) is 24.2 Å². The number of fused-ring (bicyclic) bond motifs is 1. The van der Waals surface area contributed by atoms with Crippen molar-refractivity contribution in [3.63, 3.8) is 0 Å². The van der Waals surface area contributed by atoms with Crippen LogP contribution in [0.25, 0.3) is 11.0 Å². The van der Waals surface area contributed by atoms with Crippen molar-refractivity contribution in [3.8, 4) is 0 Å². The smallest absolute Gasteiger partial charge is 0.328 e. The highest BCUT2D eigenvalue weighted by Gasteiger charge is 2.17. The summed E-state index contributed by atoms with van der Waals surface area (Å²) in [6.07, 6.45) is 1.69. The van der Waals surface area contributed by atoms with Gasteiger partial charge in [0.1, 0.15) is 5.82 Å². The number of hydrogen-bond donors (Lipinski definition) is 3. The Morgan fingerprint density at radius 3 is 2.38 bits per heavy atom. The van der Waals surface area contributed by atoms with E-state index in [1.165, 1.54) is 12.1 Å². The number of imidazole rings is 1. The maximum atomic E-state index is 12.3. The number of nitrogens with zero attached hydrogens (tertiary/aromatic N) is 2. The zero-order chi connectivity index (χ0) is 23.5. The van der Waals surface area contributed by atoms with Crippen LogP contribution in [0.2, 0.25) is 0 Å². The number of sulfonamides is 2. The second-order valence-corrected chi connectivity index (χ2v) is 10.7. The van der Waals surface area contributed by atoms with Crippen molar-refractivity contribution in [3.05, 3.63) is 53.9 Å². The lowest BCUT2D eigenvalue weighted by Crippen LogP contribution is -2.40. The molecular weight excluding hydrogens is 454 g/mol. The van der Waals surface area contributed by atoms with Crippen molar-refractivity contribution in [1.82, 2.24) is 19.6 Å². The van der Waals surface area contributed by atoms with Gasteiger partial charge < -0.3 is 9.88 Å². The average molecular weight is 480 g/mol. The van der Waals surface area contributed by atoms with E-state index in [2.05, 4.69) is 15.0 Å². The Balaban J connectivity index is 1.67. The fourth-order valence-corrected chi connectivity index (χ4v) is 4.68. The van der Waals surface area contributed by atoms with Gasteiger partial charge >= 0.3 is 6.03 Å². The minimum absolute atomic E-state index is 0.00521. The zero-order valence-corrected chi connectivity index (χ0v) is 19.5. The summed E-state index contributed by atoms with van der Waals surface area (Å²) in [5.74, 6) is 0.756. The standard InChI is InChI=1S/C20H25N5O5S2/c1-4-19-22-17-13-15(23-31(3,27)28)7-10-18(17)25(19)12-11-21-20(26)24-32(29,30)16-8-5-14(2)6-9-16/h5-10,13,23H,4,11-12H2,1-3H3,(H2,21,24,26). The van der Waals surface area contributed by atoms with Gasteiger partial charge in [-0.1, -0.05) is 24.6 Å². The Hall–Kier alpha value is -3.12. The molecule has 0 spiro atoms. The van der Waals surface area contributed by atoms with Crippen LogP contribution in [0.4, 0.5) is 10.5 Å². The van der Waals surface area contributed by atoms with Gasteiger partial charge in [0.25, 0.3) is 10.0 Å². The number of aromatic nitrogens is 2. The average Bonchev–Trinajstić information content (AvgIpc) is 3.03. The van der Waals surface area contributed by atoms with Crippen molar-refractivity contribution < 1.29 is 21.6 Å². The number of aryl methyl sites for hydroxylation is 2. The van der Waals surface area contributed by atoms with Crippen LogP contribution in [-0.4, -0.2) is 45.2 Å². The largest absolute Gasteiger partial charge is 0.336 e. The molecule has 2 aromatic carbocycles. The molecule has 172 valence electrons. The van der Waals surface area contributed by atoms with E-state index in [-0.39, 0.29) is 11.4 Å². The maximum absolute atomic E-state index is 12.3. The highest BCUT2D eigenvalue weighted by molar-refractivity contribution is 7.92. The SMILES string of the molecule is CCc1nc2cc(NS(C)(=O)=O)ccc2n1CCNC(=O)NS(=O)(=O)c1ccc(C)cc1. The van der Waals surface area contributed by atoms with Crippen LogP contribution in [0.3, 0.4) is 0 Å². The van der Waals surface area contributed by atoms with Gasteiger partial charge in [0.15, 0.2) is 0 Å². The minimum Gasteiger partial charge on any atom is -0.336 e. The van der Waals surface area contributed by atoms with Crippen LogP contribution >= 0.6 is 0 Å². The molecule has 0 aliphatic rings. The first-order valence-electron chi connectivity index (χ1n) is 9.83. The monoisotopic (exact) mass is 479 g/mol. The van der Waals surface area contributed by atoms with Crippen LogP contribution in [0.1, 0.15) is 18.3 Å². The quantitative estimate of drug-likeness (QED) is 0.451. The Kier molecular flexibility index (Phi) is 6.74. The van der Waals surface area contributed by atoms with Gasteiger partial charge in [0.05, 0.1) is 27.9 Å². The van der Waals surface area contributed by atoms with E-state index in [0.717, 1.165) is 23.2 Å². The number of nitrogens with one attached hydrogen (secondary N) is 3. The van der Waals surface area contributed by atoms with E-state index in [4.69, 9.17) is 0 Å². The Labute approximate surface area is 187 Å². The predicted octanol–water partition coefficient (Wildman–Crippen LogP) is 1.97. The number of hydrogen-bond acceptors (Lipinski definition) is 6. The molecule has 10 nitrogen and oxygen atoms in total. The molecule has 3 N–H and O–H groups in total. The first kappa shape index (κ1) is 23.5. The first-order valence-corrected chi connectivity index (χ1v) is 13.2. The summed E-state index contributed by atoms with van der Waals surface area (Å²) < 4.78 is 53.8. The summed E-state index contributed by atoms with van der Waals surface area (Å²) in [6.45, 7) is 4.29. The molecule has 0 atom stereocenters. The molecule has 0 radical (unpaired) electrons. The predicted molar refractivity (Wildman–Crippen MR) is 122 cm³/mol. The van der Waals surface area contributed by atoms with Gasteiger partial charge in [0.2, 0.25) is 10.0 Å². The summed E-state index contributed by atoms with van der Waals surface area (Å²) in [5, 5.41) is 2.55. The Bertz CT molecular complexity index is 1350. The Morgan fingerprint density at radius 1 is 1.06 bits per heavy atom. The molecule has 3 rings (SSSR count). The number of amides is 2. The van der Waals surface area contributed by atoms with Crippen molar-refractivity contribution in [2.45, 2.75) is 31.7 Å². The van der Waals surface area contributed by atoms with Crippen LogP contribution < -0.4 is 14.8 Å². The molecule has 0 unspecified atom stereocenters. The molecule has 0 saturated heterocycles. The minimum atomic E-state index is -3.97. The number of carbonyl (C=O) groups excluding carboxylic acids is 1. The van der Waals surface area contributed by atoms with Gasteiger partial charge in [-0.3, -0.25) is 4.72 Å². The van der Waals surface area contributed by atoms with E-state index in [1.807, 2.05) is 23.1 Å². The van der Waals surface area contributed by atoms with Crippen molar-refractivity contribution in [1.29, 1.82) is 0 Å². The van der Waals surface area contributed by atoms with Gasteiger partial charge in [0, 0.05) is 19.5 Å². The molecule has 3 aromatic rings.